The molecule has 0 heterocycles. The van der Waals surface area contributed by atoms with Crippen molar-refractivity contribution in [2.75, 3.05) is 32.6 Å². The van der Waals surface area contributed by atoms with Crippen molar-refractivity contribution in [3.8, 4) is 11.5 Å². The molecule has 0 aromatic heterocycles. The Morgan fingerprint density at radius 2 is 2.00 bits per heavy atom. The third kappa shape index (κ3) is 7.00. The van der Waals surface area contributed by atoms with E-state index in [-0.39, 0.29) is 5.91 Å². The van der Waals surface area contributed by atoms with E-state index in [0.717, 1.165) is 18.5 Å². The molecule has 1 saturated carbocycles. The first-order valence-corrected chi connectivity index (χ1v) is 9.74. The zero-order valence-corrected chi connectivity index (χ0v) is 16.6. The van der Waals surface area contributed by atoms with Crippen LogP contribution in [0.2, 0.25) is 0 Å². The summed E-state index contributed by atoms with van der Waals surface area (Å²) in [5.41, 5.74) is 0.829. The molecular weight excluding hydrogens is 344 g/mol. The monoisotopic (exact) mass is 376 g/mol. The quantitative estimate of drug-likeness (QED) is 0.480. The molecule has 7 heteroatoms. The number of carbonyl (C=O) groups excluding carboxylic acids is 1. The van der Waals surface area contributed by atoms with E-state index in [1.807, 2.05) is 25.1 Å². The van der Waals surface area contributed by atoms with E-state index in [0.29, 0.717) is 43.1 Å². The van der Waals surface area contributed by atoms with Crippen LogP contribution < -0.4 is 25.4 Å². The normalized spacial score (nSPS) is 15.1. The minimum atomic E-state index is 0.0904. The Labute approximate surface area is 161 Å². The number of ether oxygens (including phenoxy) is 2. The molecule has 0 radical (unpaired) electrons. The molecule has 1 aliphatic carbocycles. The molecule has 7 nitrogen and oxygen atoms in total. The zero-order chi connectivity index (χ0) is 19.5. The average molecular weight is 377 g/mol. The lowest BCUT2D eigenvalue weighted by Crippen LogP contribution is -2.39. The molecule has 3 N–H and O–H groups in total. The van der Waals surface area contributed by atoms with E-state index >= 15 is 0 Å². The molecule has 1 aromatic carbocycles. The largest absolute Gasteiger partial charge is 0.493 e. The van der Waals surface area contributed by atoms with Gasteiger partial charge in [0.25, 0.3) is 0 Å². The fraction of sp³-hybridized carbons (Fsp3) is 0.600. The van der Waals surface area contributed by atoms with Crippen molar-refractivity contribution < 1.29 is 14.3 Å². The van der Waals surface area contributed by atoms with Crippen molar-refractivity contribution in [3.63, 3.8) is 0 Å². The summed E-state index contributed by atoms with van der Waals surface area (Å²) in [6.07, 6.45) is 6.33. The summed E-state index contributed by atoms with van der Waals surface area (Å²) in [4.78, 5) is 16.3. The number of rotatable bonds is 8. The van der Waals surface area contributed by atoms with Gasteiger partial charge in [-0.15, -0.1) is 0 Å². The number of hydrogen-bond donors (Lipinski definition) is 3. The highest BCUT2D eigenvalue weighted by Gasteiger charge is 2.15. The number of benzene rings is 1. The Kier molecular flexibility index (Phi) is 8.74. The van der Waals surface area contributed by atoms with Gasteiger partial charge in [-0.3, -0.25) is 9.79 Å². The lowest BCUT2D eigenvalue weighted by Gasteiger charge is -2.22. The maximum atomic E-state index is 12.1. The van der Waals surface area contributed by atoms with Crippen molar-refractivity contribution in [2.45, 2.75) is 51.5 Å². The first-order chi connectivity index (χ1) is 13.2. The number of guanidine groups is 1. The van der Waals surface area contributed by atoms with Crippen LogP contribution >= 0.6 is 0 Å². The second kappa shape index (κ2) is 11.3. The van der Waals surface area contributed by atoms with Crippen LogP contribution in [0.1, 0.15) is 45.4 Å². The lowest BCUT2D eigenvalue weighted by molar-refractivity contribution is -0.121. The fourth-order valence-corrected chi connectivity index (χ4v) is 3.18. The van der Waals surface area contributed by atoms with Crippen LogP contribution in [0, 0.1) is 0 Å². The Morgan fingerprint density at radius 1 is 1.22 bits per heavy atom. The maximum absolute atomic E-state index is 12.1. The number of methoxy groups -OCH3 is 1. The van der Waals surface area contributed by atoms with Gasteiger partial charge in [-0.25, -0.2) is 0 Å². The van der Waals surface area contributed by atoms with E-state index in [1.54, 1.807) is 14.2 Å². The van der Waals surface area contributed by atoms with E-state index < -0.39 is 0 Å². The second-order valence-electron chi connectivity index (χ2n) is 6.58. The Hall–Kier alpha value is -2.44. The van der Waals surface area contributed by atoms with Crippen molar-refractivity contribution in [1.29, 1.82) is 0 Å². The Bertz CT molecular complexity index is 628. The molecule has 1 aliphatic rings. The number of amides is 1. The van der Waals surface area contributed by atoms with Crippen molar-refractivity contribution in [2.24, 2.45) is 4.99 Å². The zero-order valence-electron chi connectivity index (χ0n) is 16.6. The van der Waals surface area contributed by atoms with Crippen molar-refractivity contribution in [1.82, 2.24) is 10.6 Å². The van der Waals surface area contributed by atoms with Crippen LogP contribution in [0.15, 0.2) is 23.2 Å². The molecule has 1 fully saturated rings. The third-order valence-corrected chi connectivity index (χ3v) is 4.56. The molecule has 0 spiro atoms. The number of carbonyl (C=O) groups is 1. The van der Waals surface area contributed by atoms with Crippen LogP contribution in [0.25, 0.3) is 0 Å². The number of anilines is 1. The highest BCUT2D eigenvalue weighted by atomic mass is 16.5. The van der Waals surface area contributed by atoms with Gasteiger partial charge in [-0.1, -0.05) is 19.3 Å². The van der Waals surface area contributed by atoms with Crippen molar-refractivity contribution in [3.05, 3.63) is 18.2 Å². The second-order valence-corrected chi connectivity index (χ2v) is 6.58. The standard InChI is InChI=1S/C20H32N4O3/c1-4-27-17-11-10-16(14-18(17)26-3)24-20(21-2)22-13-12-19(25)23-15-8-6-5-7-9-15/h10-11,14-15H,4-9,12-13H2,1-3H3,(H,23,25)(H2,21,22,24). The number of nitrogens with one attached hydrogen (secondary N) is 3. The van der Waals surface area contributed by atoms with Gasteiger partial charge in [0.2, 0.25) is 5.91 Å². The summed E-state index contributed by atoms with van der Waals surface area (Å²) in [7, 11) is 3.31. The molecule has 0 atom stereocenters. The summed E-state index contributed by atoms with van der Waals surface area (Å²) in [5.74, 6) is 2.05. The molecule has 2 rings (SSSR count). The van der Waals surface area contributed by atoms with Gasteiger partial charge >= 0.3 is 0 Å². The predicted molar refractivity (Wildman–Crippen MR) is 109 cm³/mol. The van der Waals surface area contributed by atoms with Gasteiger partial charge in [0, 0.05) is 37.8 Å². The van der Waals surface area contributed by atoms with Crippen LogP contribution in [-0.2, 0) is 4.79 Å². The van der Waals surface area contributed by atoms with Gasteiger partial charge in [-0.2, -0.15) is 0 Å². The molecule has 0 unspecified atom stereocenters. The van der Waals surface area contributed by atoms with Crippen molar-refractivity contribution >= 4 is 17.6 Å². The van der Waals surface area contributed by atoms with E-state index in [4.69, 9.17) is 9.47 Å². The van der Waals surface area contributed by atoms with Crippen LogP contribution in [0.4, 0.5) is 5.69 Å². The molecule has 0 aliphatic heterocycles. The van der Waals surface area contributed by atoms with Gasteiger partial charge in [0.1, 0.15) is 0 Å². The highest BCUT2D eigenvalue weighted by molar-refractivity contribution is 5.94. The lowest BCUT2D eigenvalue weighted by atomic mass is 9.95. The summed E-state index contributed by atoms with van der Waals surface area (Å²) in [6, 6.07) is 5.96. The summed E-state index contributed by atoms with van der Waals surface area (Å²) in [6.45, 7) is 3.03. The average Bonchev–Trinajstić information content (AvgIpc) is 2.69. The number of aliphatic imine (C=N–C) groups is 1. The van der Waals surface area contributed by atoms with E-state index in [1.165, 1.54) is 19.3 Å². The third-order valence-electron chi connectivity index (χ3n) is 4.56. The molecule has 1 amide bonds. The predicted octanol–water partition coefficient (Wildman–Crippen LogP) is 2.92. The first kappa shape index (κ1) is 20.9. The van der Waals surface area contributed by atoms with Crippen LogP contribution in [-0.4, -0.2) is 45.2 Å². The molecule has 150 valence electrons. The highest BCUT2D eigenvalue weighted by Crippen LogP contribution is 2.30. The SMILES string of the molecule is CCOc1ccc(NC(=NC)NCCC(=O)NC2CCCCC2)cc1OC. The fourth-order valence-electron chi connectivity index (χ4n) is 3.18. The number of hydrogen-bond acceptors (Lipinski definition) is 4. The maximum Gasteiger partial charge on any atom is 0.221 e. The van der Waals surface area contributed by atoms with Gasteiger partial charge in [0.15, 0.2) is 17.5 Å². The smallest absolute Gasteiger partial charge is 0.221 e. The molecular formula is C20H32N4O3. The van der Waals surface area contributed by atoms with Gasteiger partial charge in [-0.05, 0) is 31.9 Å². The van der Waals surface area contributed by atoms with E-state index in [9.17, 15) is 4.79 Å². The Morgan fingerprint density at radius 3 is 2.67 bits per heavy atom. The molecule has 0 saturated heterocycles. The van der Waals surface area contributed by atoms with Gasteiger partial charge < -0.3 is 25.4 Å². The minimum absolute atomic E-state index is 0.0904. The number of nitrogens with zero attached hydrogens (tertiary/aromatic N) is 1. The summed E-state index contributed by atoms with van der Waals surface area (Å²) in [5, 5.41) is 9.49. The summed E-state index contributed by atoms with van der Waals surface area (Å²) < 4.78 is 10.9. The minimum Gasteiger partial charge on any atom is -0.493 e. The van der Waals surface area contributed by atoms with Crippen LogP contribution in [0.5, 0.6) is 11.5 Å². The van der Waals surface area contributed by atoms with Crippen LogP contribution in [0.3, 0.4) is 0 Å². The van der Waals surface area contributed by atoms with Gasteiger partial charge in [0.05, 0.1) is 13.7 Å². The summed E-state index contributed by atoms with van der Waals surface area (Å²) >= 11 is 0. The Balaban J connectivity index is 1.79. The first-order valence-electron chi connectivity index (χ1n) is 9.74. The topological polar surface area (TPSA) is 84.0 Å². The van der Waals surface area contributed by atoms with E-state index in [2.05, 4.69) is 20.9 Å². The molecule has 1 aromatic rings. The molecule has 0 bridgehead atoms. The molecule has 27 heavy (non-hydrogen) atoms.